The monoisotopic (exact) mass is 495 g/mol. The van der Waals surface area contributed by atoms with Crippen LogP contribution in [0.2, 0.25) is 5.02 Å². The Labute approximate surface area is 200 Å². The maximum Gasteiger partial charge on any atom is 0.243 e. The maximum absolute atomic E-state index is 13.3. The second-order valence-electron chi connectivity index (χ2n) is 7.40. The van der Waals surface area contributed by atoms with Crippen molar-refractivity contribution in [3.05, 3.63) is 59.1 Å². The molecule has 1 N–H and O–H groups in total. The molecule has 0 saturated heterocycles. The molecule has 0 aliphatic heterocycles. The van der Waals surface area contributed by atoms with Gasteiger partial charge in [-0.05, 0) is 55.3 Å². The number of ether oxygens (including phenoxy) is 1. The van der Waals surface area contributed by atoms with Gasteiger partial charge in [-0.3, -0.25) is 9.59 Å². The van der Waals surface area contributed by atoms with E-state index in [2.05, 4.69) is 5.32 Å². The third-order valence-electron chi connectivity index (χ3n) is 5.13. The van der Waals surface area contributed by atoms with Crippen LogP contribution in [0.3, 0.4) is 0 Å². The lowest BCUT2D eigenvalue weighted by atomic mass is 10.1. The molecule has 0 heterocycles. The van der Waals surface area contributed by atoms with Gasteiger partial charge in [0.05, 0.1) is 18.6 Å². The van der Waals surface area contributed by atoms with Crippen molar-refractivity contribution < 1.29 is 22.7 Å². The number of amides is 2. The van der Waals surface area contributed by atoms with Crippen molar-refractivity contribution in [2.45, 2.75) is 37.8 Å². The zero-order chi connectivity index (χ0) is 24.6. The molecule has 10 heteroatoms. The number of carbonyl (C=O) groups excluding carboxylic acids is 2. The van der Waals surface area contributed by atoms with Gasteiger partial charge in [0.15, 0.2) is 0 Å². The highest BCUT2D eigenvalue weighted by molar-refractivity contribution is 7.89. The number of methoxy groups -OCH3 is 1. The van der Waals surface area contributed by atoms with Crippen molar-refractivity contribution >= 4 is 33.4 Å². The first-order valence-corrected chi connectivity index (χ1v) is 12.4. The van der Waals surface area contributed by atoms with Crippen LogP contribution in [0.4, 0.5) is 0 Å². The lowest BCUT2D eigenvalue weighted by Gasteiger charge is -2.32. The Morgan fingerprint density at radius 3 is 2.18 bits per heavy atom. The highest BCUT2D eigenvalue weighted by Gasteiger charge is 2.31. The number of carbonyl (C=O) groups is 2. The Bertz CT molecular complexity index is 1040. The molecule has 0 spiro atoms. The molecule has 1 atom stereocenters. The van der Waals surface area contributed by atoms with Crippen molar-refractivity contribution in [2.75, 3.05) is 27.2 Å². The molecule has 0 radical (unpaired) electrons. The van der Waals surface area contributed by atoms with Gasteiger partial charge in [-0.25, -0.2) is 8.42 Å². The average molecular weight is 496 g/mol. The zero-order valence-electron chi connectivity index (χ0n) is 19.2. The molecule has 0 aromatic heterocycles. The van der Waals surface area contributed by atoms with E-state index in [1.54, 1.807) is 38.3 Å². The number of benzene rings is 2. The fourth-order valence-electron chi connectivity index (χ4n) is 3.29. The summed E-state index contributed by atoms with van der Waals surface area (Å²) >= 11 is 5.85. The van der Waals surface area contributed by atoms with Gasteiger partial charge in [-0.2, -0.15) is 4.31 Å². The minimum Gasteiger partial charge on any atom is -0.497 e. The molecule has 2 aromatic carbocycles. The van der Waals surface area contributed by atoms with Gasteiger partial charge in [-0.15, -0.1) is 0 Å². The van der Waals surface area contributed by atoms with Gasteiger partial charge >= 0.3 is 0 Å². The van der Waals surface area contributed by atoms with E-state index in [0.717, 1.165) is 9.87 Å². The summed E-state index contributed by atoms with van der Waals surface area (Å²) in [4.78, 5) is 27.4. The smallest absolute Gasteiger partial charge is 0.243 e. The van der Waals surface area contributed by atoms with Crippen molar-refractivity contribution in [3.8, 4) is 5.75 Å². The summed E-state index contributed by atoms with van der Waals surface area (Å²) in [6.45, 7) is 3.75. The van der Waals surface area contributed by atoms with E-state index in [1.165, 1.54) is 36.2 Å². The molecule has 2 rings (SSSR count). The molecule has 0 aliphatic carbocycles. The minimum atomic E-state index is -3.92. The number of rotatable bonds is 11. The van der Waals surface area contributed by atoms with Crippen LogP contribution in [0.1, 0.15) is 25.8 Å². The quantitative estimate of drug-likeness (QED) is 0.517. The molecule has 2 amide bonds. The van der Waals surface area contributed by atoms with Gasteiger partial charge < -0.3 is 15.0 Å². The molecule has 0 bridgehead atoms. The Morgan fingerprint density at radius 2 is 1.67 bits per heavy atom. The Hall–Kier alpha value is -2.62. The molecular formula is C23H30ClN3O5S. The summed E-state index contributed by atoms with van der Waals surface area (Å²) in [5, 5.41) is 3.16. The van der Waals surface area contributed by atoms with E-state index >= 15 is 0 Å². The summed E-state index contributed by atoms with van der Waals surface area (Å²) in [6.07, 6.45) is 0.376. The number of hydrogen-bond donors (Lipinski definition) is 1. The van der Waals surface area contributed by atoms with Crippen LogP contribution in [-0.2, 0) is 26.2 Å². The maximum atomic E-state index is 13.3. The SMILES string of the molecule is CCNC(=O)[C@@H](CC)N(Cc1ccc(OC)cc1)C(=O)CN(C)S(=O)(=O)c1ccc(Cl)cc1. The van der Waals surface area contributed by atoms with E-state index in [1.807, 2.05) is 6.92 Å². The summed E-state index contributed by atoms with van der Waals surface area (Å²) in [7, 11) is -1.03. The normalized spacial score (nSPS) is 12.3. The molecule has 0 fully saturated rings. The minimum absolute atomic E-state index is 0.0275. The third-order valence-corrected chi connectivity index (χ3v) is 7.20. The largest absolute Gasteiger partial charge is 0.497 e. The van der Waals surface area contributed by atoms with Crippen LogP contribution < -0.4 is 10.1 Å². The van der Waals surface area contributed by atoms with Crippen LogP contribution in [0.25, 0.3) is 0 Å². The molecule has 0 aliphatic rings. The highest BCUT2D eigenvalue weighted by Crippen LogP contribution is 2.20. The number of sulfonamides is 1. The van der Waals surface area contributed by atoms with Crippen LogP contribution in [0.15, 0.2) is 53.4 Å². The Kier molecular flexibility index (Phi) is 9.70. The molecule has 0 unspecified atom stereocenters. The van der Waals surface area contributed by atoms with Crippen LogP contribution in [0.5, 0.6) is 5.75 Å². The van der Waals surface area contributed by atoms with Crippen LogP contribution in [0, 0.1) is 0 Å². The molecule has 180 valence electrons. The van der Waals surface area contributed by atoms with E-state index in [-0.39, 0.29) is 17.3 Å². The van der Waals surface area contributed by atoms with Gasteiger partial charge in [0.25, 0.3) is 0 Å². The van der Waals surface area contributed by atoms with E-state index in [4.69, 9.17) is 16.3 Å². The van der Waals surface area contributed by atoms with Crippen molar-refractivity contribution in [2.24, 2.45) is 0 Å². The van der Waals surface area contributed by atoms with E-state index in [9.17, 15) is 18.0 Å². The Morgan fingerprint density at radius 1 is 1.06 bits per heavy atom. The molecule has 2 aromatic rings. The first kappa shape index (κ1) is 26.6. The van der Waals surface area contributed by atoms with Crippen molar-refractivity contribution in [1.29, 1.82) is 0 Å². The second-order valence-corrected chi connectivity index (χ2v) is 9.88. The fourth-order valence-corrected chi connectivity index (χ4v) is 4.54. The van der Waals surface area contributed by atoms with E-state index < -0.39 is 28.5 Å². The van der Waals surface area contributed by atoms with Gasteiger partial charge in [0, 0.05) is 25.2 Å². The summed E-state index contributed by atoms with van der Waals surface area (Å²) in [6, 6.07) is 12.1. The third kappa shape index (κ3) is 6.93. The first-order valence-electron chi connectivity index (χ1n) is 10.6. The van der Waals surface area contributed by atoms with Crippen molar-refractivity contribution in [1.82, 2.24) is 14.5 Å². The summed E-state index contributed by atoms with van der Waals surface area (Å²) in [5.74, 6) is -0.102. The molecule has 33 heavy (non-hydrogen) atoms. The first-order chi connectivity index (χ1) is 15.6. The van der Waals surface area contributed by atoms with Crippen LogP contribution >= 0.6 is 11.6 Å². The number of likely N-dealkylation sites (N-methyl/N-ethyl adjacent to an activating group) is 2. The lowest BCUT2D eigenvalue weighted by Crippen LogP contribution is -2.51. The van der Waals surface area contributed by atoms with Gasteiger partial charge in [-0.1, -0.05) is 30.7 Å². The highest BCUT2D eigenvalue weighted by atomic mass is 35.5. The topological polar surface area (TPSA) is 96.0 Å². The van der Waals surface area contributed by atoms with Crippen LogP contribution in [-0.4, -0.2) is 62.7 Å². The van der Waals surface area contributed by atoms with Gasteiger partial charge in [0.2, 0.25) is 21.8 Å². The second kappa shape index (κ2) is 12.0. The molecular weight excluding hydrogens is 466 g/mol. The standard InChI is InChI=1S/C23H30ClN3O5S/c1-5-21(23(29)25-6-2)27(15-17-7-11-19(32-4)12-8-17)22(28)16-26(3)33(30,31)20-13-9-18(24)10-14-20/h7-14,21H,5-6,15-16H2,1-4H3,(H,25,29)/t21-/m1/s1. The zero-order valence-corrected chi connectivity index (χ0v) is 20.8. The number of nitrogens with one attached hydrogen (secondary N) is 1. The predicted molar refractivity (Wildman–Crippen MR) is 128 cm³/mol. The van der Waals surface area contributed by atoms with E-state index in [0.29, 0.717) is 23.7 Å². The lowest BCUT2D eigenvalue weighted by molar-refractivity contribution is -0.141. The summed E-state index contributed by atoms with van der Waals surface area (Å²) < 4.78 is 32.0. The summed E-state index contributed by atoms with van der Waals surface area (Å²) in [5.41, 5.74) is 0.787. The number of halogens is 1. The average Bonchev–Trinajstić information content (AvgIpc) is 2.79. The molecule has 0 saturated carbocycles. The predicted octanol–water partition coefficient (Wildman–Crippen LogP) is 2.91. The Balaban J connectivity index is 2.30. The van der Waals surface area contributed by atoms with Gasteiger partial charge in [0.1, 0.15) is 11.8 Å². The fraction of sp³-hybridized carbons (Fsp3) is 0.391. The molecule has 8 nitrogen and oxygen atoms in total. The number of nitrogens with zero attached hydrogens (tertiary/aromatic N) is 2. The number of hydrogen-bond acceptors (Lipinski definition) is 5. The van der Waals surface area contributed by atoms with Crippen molar-refractivity contribution in [3.63, 3.8) is 0 Å².